The summed E-state index contributed by atoms with van der Waals surface area (Å²) in [6.45, 7) is 2.78. The Balaban J connectivity index is 1.64. The van der Waals surface area contributed by atoms with Crippen LogP contribution in [0.5, 0.6) is 5.75 Å². The highest BCUT2D eigenvalue weighted by atomic mass is 16.5. The van der Waals surface area contributed by atoms with Crippen LogP contribution in [0.25, 0.3) is 10.9 Å². The van der Waals surface area contributed by atoms with Gasteiger partial charge in [0.15, 0.2) is 0 Å². The van der Waals surface area contributed by atoms with Crippen molar-refractivity contribution in [2.45, 2.75) is 19.9 Å². The van der Waals surface area contributed by atoms with Gasteiger partial charge in [0, 0.05) is 17.6 Å². The predicted octanol–water partition coefficient (Wildman–Crippen LogP) is 3.92. The number of hydrogen-bond donors (Lipinski definition) is 2. The van der Waals surface area contributed by atoms with Crippen molar-refractivity contribution in [3.05, 3.63) is 105 Å². The summed E-state index contributed by atoms with van der Waals surface area (Å²) in [7, 11) is 1.61. The van der Waals surface area contributed by atoms with Gasteiger partial charge >= 0.3 is 0 Å². The van der Waals surface area contributed by atoms with Gasteiger partial charge in [-0.3, -0.25) is 9.59 Å². The molecule has 3 aromatic carbocycles. The summed E-state index contributed by atoms with van der Waals surface area (Å²) < 4.78 is 6.82. The van der Waals surface area contributed by atoms with Crippen LogP contribution < -0.4 is 21.3 Å². The molecule has 0 aliphatic carbocycles. The van der Waals surface area contributed by atoms with E-state index in [9.17, 15) is 9.59 Å². The lowest BCUT2D eigenvalue weighted by Crippen LogP contribution is -2.34. The molecule has 0 fully saturated rings. The maximum atomic E-state index is 13.4. The molecule has 1 amide bonds. The molecule has 0 atom stereocenters. The summed E-state index contributed by atoms with van der Waals surface area (Å²) in [5, 5.41) is 3.56. The van der Waals surface area contributed by atoms with Crippen LogP contribution in [0.1, 0.15) is 27.0 Å². The second-order valence-corrected chi connectivity index (χ2v) is 8.07. The molecule has 0 aliphatic rings. The van der Waals surface area contributed by atoms with Crippen molar-refractivity contribution in [3.8, 4) is 5.75 Å². The second-order valence-electron chi connectivity index (χ2n) is 8.07. The third-order valence-electron chi connectivity index (χ3n) is 5.74. The van der Waals surface area contributed by atoms with Crippen molar-refractivity contribution in [1.82, 2.24) is 9.88 Å². The first kappa shape index (κ1) is 22.1. The first-order valence-electron chi connectivity index (χ1n) is 10.8. The van der Waals surface area contributed by atoms with Crippen LogP contribution in [-0.2, 0) is 13.0 Å². The smallest absolute Gasteiger partial charge is 0.264 e. The van der Waals surface area contributed by atoms with E-state index in [4.69, 9.17) is 10.5 Å². The van der Waals surface area contributed by atoms with Crippen molar-refractivity contribution in [1.29, 1.82) is 0 Å². The van der Waals surface area contributed by atoms with E-state index in [1.807, 2.05) is 67.6 Å². The lowest BCUT2D eigenvalue weighted by atomic mass is 10.1. The number of methoxy groups -OCH3 is 1. The average Bonchev–Trinajstić information content (AvgIpc) is 2.82. The van der Waals surface area contributed by atoms with Crippen LogP contribution in [0.4, 0.5) is 5.69 Å². The summed E-state index contributed by atoms with van der Waals surface area (Å²) in [5.41, 5.74) is 10.4. The van der Waals surface area contributed by atoms with Gasteiger partial charge in [-0.15, -0.1) is 0 Å². The lowest BCUT2D eigenvalue weighted by Gasteiger charge is -2.15. The summed E-state index contributed by atoms with van der Waals surface area (Å²) in [6.07, 6.45) is 0.682. The van der Waals surface area contributed by atoms with Gasteiger partial charge in [0.25, 0.3) is 11.5 Å². The standard InChI is InChI=1S/C27H27N3O3/c1-18-6-8-19(9-7-18)14-15-29-26(31)23-16-22-24(28)4-3-5-25(22)30(27(23)32)17-20-10-12-21(33-2)13-11-20/h3-13,16H,14-15,17,28H2,1-2H3,(H,29,31). The maximum Gasteiger partial charge on any atom is 0.264 e. The molecule has 6 nitrogen and oxygen atoms in total. The Morgan fingerprint density at radius 2 is 1.70 bits per heavy atom. The number of carbonyl (C=O) groups is 1. The van der Waals surface area contributed by atoms with Gasteiger partial charge < -0.3 is 20.4 Å². The molecule has 6 heteroatoms. The number of fused-ring (bicyclic) bond motifs is 1. The fourth-order valence-corrected chi connectivity index (χ4v) is 3.83. The molecule has 0 bridgehead atoms. The van der Waals surface area contributed by atoms with Crippen LogP contribution in [0.3, 0.4) is 0 Å². The van der Waals surface area contributed by atoms with Crippen LogP contribution >= 0.6 is 0 Å². The Kier molecular flexibility index (Phi) is 6.45. The highest BCUT2D eigenvalue weighted by Crippen LogP contribution is 2.22. The van der Waals surface area contributed by atoms with Gasteiger partial charge in [-0.05, 0) is 54.8 Å². The molecule has 3 N–H and O–H groups in total. The predicted molar refractivity (Wildman–Crippen MR) is 132 cm³/mol. The molecule has 1 aromatic heterocycles. The molecule has 0 saturated heterocycles. The highest BCUT2D eigenvalue weighted by molar-refractivity contribution is 6.00. The molecule has 0 spiro atoms. The molecule has 33 heavy (non-hydrogen) atoms. The van der Waals surface area contributed by atoms with Gasteiger partial charge in [-0.2, -0.15) is 0 Å². The van der Waals surface area contributed by atoms with E-state index in [0.717, 1.165) is 16.9 Å². The number of aryl methyl sites for hydroxylation is 1. The zero-order valence-electron chi connectivity index (χ0n) is 18.8. The zero-order valence-corrected chi connectivity index (χ0v) is 18.8. The lowest BCUT2D eigenvalue weighted by molar-refractivity contribution is 0.0952. The van der Waals surface area contributed by atoms with Crippen LogP contribution in [0, 0.1) is 6.92 Å². The van der Waals surface area contributed by atoms with E-state index < -0.39 is 5.91 Å². The second kappa shape index (κ2) is 9.61. The van der Waals surface area contributed by atoms with Gasteiger partial charge in [0.2, 0.25) is 0 Å². The number of nitrogens with two attached hydrogens (primary N) is 1. The monoisotopic (exact) mass is 441 g/mol. The number of benzene rings is 3. The van der Waals surface area contributed by atoms with E-state index in [2.05, 4.69) is 5.32 Å². The number of nitrogens with one attached hydrogen (secondary N) is 1. The molecule has 4 rings (SSSR count). The average molecular weight is 442 g/mol. The van der Waals surface area contributed by atoms with Crippen molar-refractivity contribution < 1.29 is 9.53 Å². The SMILES string of the molecule is COc1ccc(Cn2c(=O)c(C(=O)NCCc3ccc(C)cc3)cc3c(N)cccc32)cc1. The first-order chi connectivity index (χ1) is 16.0. The van der Waals surface area contributed by atoms with E-state index in [1.54, 1.807) is 23.8 Å². The van der Waals surface area contributed by atoms with E-state index in [-0.39, 0.29) is 11.1 Å². The number of nitrogen functional groups attached to an aromatic ring is 1. The molecule has 1 heterocycles. The third-order valence-corrected chi connectivity index (χ3v) is 5.74. The highest BCUT2D eigenvalue weighted by Gasteiger charge is 2.17. The van der Waals surface area contributed by atoms with Gasteiger partial charge in [-0.25, -0.2) is 0 Å². The van der Waals surface area contributed by atoms with Crippen LogP contribution in [0.15, 0.2) is 77.6 Å². The number of ether oxygens (including phenoxy) is 1. The minimum absolute atomic E-state index is 0.0813. The minimum Gasteiger partial charge on any atom is -0.497 e. The molecule has 0 radical (unpaired) electrons. The van der Waals surface area contributed by atoms with Gasteiger partial charge in [0.05, 0.1) is 19.2 Å². The quantitative estimate of drug-likeness (QED) is 0.426. The summed E-state index contributed by atoms with van der Waals surface area (Å²) in [5.74, 6) is 0.336. The third kappa shape index (κ3) is 4.90. The van der Waals surface area contributed by atoms with Gasteiger partial charge in [0.1, 0.15) is 11.3 Å². The summed E-state index contributed by atoms with van der Waals surface area (Å²) in [4.78, 5) is 26.3. The van der Waals surface area contributed by atoms with Gasteiger partial charge in [-0.1, -0.05) is 48.0 Å². The normalized spacial score (nSPS) is 10.8. The molecule has 4 aromatic rings. The Labute approximate surface area is 192 Å². The van der Waals surface area contributed by atoms with Crippen LogP contribution in [-0.4, -0.2) is 24.1 Å². The molecule has 0 unspecified atom stereocenters. The topological polar surface area (TPSA) is 86.3 Å². The largest absolute Gasteiger partial charge is 0.497 e. The molecular formula is C27H27N3O3. The maximum absolute atomic E-state index is 13.4. The number of hydrogen-bond acceptors (Lipinski definition) is 4. The Bertz CT molecular complexity index is 1340. The summed E-state index contributed by atoms with van der Waals surface area (Å²) in [6, 6.07) is 22.7. The molecular weight excluding hydrogens is 414 g/mol. The summed E-state index contributed by atoms with van der Waals surface area (Å²) >= 11 is 0. The van der Waals surface area contributed by atoms with E-state index in [0.29, 0.717) is 36.1 Å². The number of carbonyl (C=O) groups excluding carboxylic acids is 1. The van der Waals surface area contributed by atoms with Crippen LogP contribution in [0.2, 0.25) is 0 Å². The number of aromatic nitrogens is 1. The Morgan fingerprint density at radius 3 is 2.39 bits per heavy atom. The van der Waals surface area contributed by atoms with Crippen molar-refractivity contribution >= 4 is 22.5 Å². The Morgan fingerprint density at radius 1 is 1.00 bits per heavy atom. The Hall–Kier alpha value is -4.06. The number of amides is 1. The molecule has 0 saturated carbocycles. The molecule has 0 aliphatic heterocycles. The fourth-order valence-electron chi connectivity index (χ4n) is 3.83. The number of rotatable bonds is 7. The van der Waals surface area contributed by atoms with E-state index >= 15 is 0 Å². The van der Waals surface area contributed by atoms with Crippen molar-refractivity contribution in [3.63, 3.8) is 0 Å². The van der Waals surface area contributed by atoms with E-state index in [1.165, 1.54) is 5.56 Å². The number of pyridine rings is 1. The van der Waals surface area contributed by atoms with Crippen molar-refractivity contribution in [2.75, 3.05) is 19.4 Å². The first-order valence-corrected chi connectivity index (χ1v) is 10.8. The number of anilines is 1. The zero-order chi connectivity index (χ0) is 23.4. The van der Waals surface area contributed by atoms with Crippen molar-refractivity contribution in [2.24, 2.45) is 0 Å². The fraction of sp³-hybridized carbons (Fsp3) is 0.185. The molecule has 168 valence electrons. The minimum atomic E-state index is -0.402. The number of nitrogens with zero attached hydrogens (tertiary/aromatic N) is 1.